The summed E-state index contributed by atoms with van der Waals surface area (Å²) in [4.78, 5) is 12.9. The van der Waals surface area contributed by atoms with Gasteiger partial charge in [-0.1, -0.05) is 11.6 Å². The summed E-state index contributed by atoms with van der Waals surface area (Å²) in [5.74, 6) is -2.27. The number of hydrogen-bond donors (Lipinski definition) is 1. The molecule has 1 N–H and O–H groups in total. The van der Waals surface area contributed by atoms with Crippen LogP contribution in [0.15, 0.2) is 6.07 Å². The van der Waals surface area contributed by atoms with Crippen molar-refractivity contribution in [3.63, 3.8) is 0 Å². The molecule has 4 nitrogen and oxygen atoms in total. The molecule has 2 rings (SSSR count). The third-order valence-corrected chi connectivity index (χ3v) is 2.94. The Morgan fingerprint density at radius 2 is 2.35 bits per heavy atom. The van der Waals surface area contributed by atoms with Crippen LogP contribution in [0.25, 0.3) is 0 Å². The molecular weight excluding hydrogens is 249 g/mol. The van der Waals surface area contributed by atoms with Crippen LogP contribution in [0.1, 0.15) is 16.8 Å². The van der Waals surface area contributed by atoms with Gasteiger partial charge in [0.25, 0.3) is 0 Å². The minimum absolute atomic E-state index is 0.0550. The molecule has 0 bridgehead atoms. The predicted molar refractivity (Wildman–Crippen MR) is 61.8 cm³/mol. The Balaban J connectivity index is 2.70. The fourth-order valence-corrected chi connectivity index (χ4v) is 2.01. The second-order valence-electron chi connectivity index (χ2n) is 3.82. The molecule has 0 spiro atoms. The summed E-state index contributed by atoms with van der Waals surface area (Å²) in [5, 5.41) is 8.82. The molecule has 92 valence electrons. The Morgan fingerprint density at radius 3 is 3.00 bits per heavy atom. The first-order valence-electron chi connectivity index (χ1n) is 5.11. The van der Waals surface area contributed by atoms with Gasteiger partial charge in [-0.3, -0.25) is 0 Å². The molecule has 1 heterocycles. The molecule has 1 aromatic carbocycles. The molecule has 0 saturated heterocycles. The number of fused-ring (bicyclic) bond motifs is 1. The molecule has 1 aliphatic rings. The average molecular weight is 260 g/mol. The molecule has 0 saturated carbocycles. The van der Waals surface area contributed by atoms with Gasteiger partial charge in [0.05, 0.1) is 17.3 Å². The van der Waals surface area contributed by atoms with Gasteiger partial charge in [0.1, 0.15) is 5.56 Å². The standard InChI is InChI=1S/C11H11ClFNO3/c1-14-3-2-4-17-10-7(14)5-6(12)9(13)8(10)11(15)16/h5H,2-4H2,1H3,(H,15,16). The van der Waals surface area contributed by atoms with E-state index in [0.717, 1.165) is 6.42 Å². The van der Waals surface area contributed by atoms with Gasteiger partial charge in [-0.25, -0.2) is 9.18 Å². The number of ether oxygens (including phenoxy) is 1. The smallest absolute Gasteiger partial charge is 0.342 e. The van der Waals surface area contributed by atoms with Gasteiger partial charge in [0, 0.05) is 13.6 Å². The zero-order valence-corrected chi connectivity index (χ0v) is 9.92. The molecule has 0 amide bonds. The highest BCUT2D eigenvalue weighted by Crippen LogP contribution is 2.38. The fourth-order valence-electron chi connectivity index (χ4n) is 1.81. The Kier molecular flexibility index (Phi) is 3.11. The molecule has 0 unspecified atom stereocenters. The van der Waals surface area contributed by atoms with Crippen LogP contribution in [0.2, 0.25) is 5.02 Å². The topological polar surface area (TPSA) is 49.8 Å². The first-order valence-corrected chi connectivity index (χ1v) is 5.49. The zero-order valence-electron chi connectivity index (χ0n) is 9.17. The van der Waals surface area contributed by atoms with Crippen molar-refractivity contribution in [2.24, 2.45) is 0 Å². The Hall–Kier alpha value is -1.49. The highest BCUT2D eigenvalue weighted by molar-refractivity contribution is 6.31. The molecule has 0 radical (unpaired) electrons. The highest BCUT2D eigenvalue weighted by Gasteiger charge is 2.27. The number of anilines is 1. The summed E-state index contributed by atoms with van der Waals surface area (Å²) in [5.41, 5.74) is 0.00699. The second-order valence-corrected chi connectivity index (χ2v) is 4.23. The lowest BCUT2D eigenvalue weighted by Gasteiger charge is -2.19. The summed E-state index contributed by atoms with van der Waals surface area (Å²) in [6.45, 7) is 1.06. The Bertz CT molecular complexity index is 478. The van der Waals surface area contributed by atoms with Crippen LogP contribution in [-0.2, 0) is 0 Å². The number of nitrogens with zero attached hydrogens (tertiary/aromatic N) is 1. The largest absolute Gasteiger partial charge is 0.490 e. The number of carboxylic acids is 1. The summed E-state index contributed by atoms with van der Waals surface area (Å²) in [7, 11) is 1.79. The average Bonchev–Trinajstić information content (AvgIpc) is 2.43. The number of aromatic carboxylic acids is 1. The molecule has 0 aliphatic carbocycles. The first kappa shape index (κ1) is 12.0. The van der Waals surface area contributed by atoms with Gasteiger partial charge in [0.2, 0.25) is 0 Å². The fraction of sp³-hybridized carbons (Fsp3) is 0.364. The monoisotopic (exact) mass is 259 g/mol. The van der Waals surface area contributed by atoms with Gasteiger partial charge in [0.15, 0.2) is 11.6 Å². The number of carboxylic acid groups (broad SMARTS) is 1. The maximum atomic E-state index is 13.7. The van der Waals surface area contributed by atoms with Gasteiger partial charge in [-0.2, -0.15) is 0 Å². The van der Waals surface area contributed by atoms with E-state index in [2.05, 4.69) is 0 Å². The van der Waals surface area contributed by atoms with E-state index >= 15 is 0 Å². The number of halogens is 2. The van der Waals surface area contributed by atoms with Gasteiger partial charge in [-0.05, 0) is 12.5 Å². The Labute approximate surface area is 103 Å². The quantitative estimate of drug-likeness (QED) is 0.841. The molecule has 0 aromatic heterocycles. The van der Waals surface area contributed by atoms with Crippen molar-refractivity contribution in [3.8, 4) is 5.75 Å². The molecule has 6 heteroatoms. The molecule has 1 aliphatic heterocycles. The van der Waals surface area contributed by atoms with Gasteiger partial charge in [-0.15, -0.1) is 0 Å². The van der Waals surface area contributed by atoms with Crippen LogP contribution in [0.4, 0.5) is 10.1 Å². The third kappa shape index (κ3) is 2.02. The van der Waals surface area contributed by atoms with Crippen molar-refractivity contribution in [1.82, 2.24) is 0 Å². The maximum absolute atomic E-state index is 13.7. The van der Waals surface area contributed by atoms with Crippen molar-refractivity contribution < 1.29 is 19.0 Å². The van der Waals surface area contributed by atoms with E-state index in [1.807, 2.05) is 0 Å². The van der Waals surface area contributed by atoms with E-state index in [4.69, 9.17) is 21.4 Å². The molecule has 17 heavy (non-hydrogen) atoms. The predicted octanol–water partition coefficient (Wildman–Crippen LogP) is 2.40. The van der Waals surface area contributed by atoms with Crippen LogP contribution in [0.5, 0.6) is 5.75 Å². The third-order valence-electron chi connectivity index (χ3n) is 2.66. The molecular formula is C11H11ClFNO3. The van der Waals surface area contributed by atoms with E-state index in [-0.39, 0.29) is 10.8 Å². The van der Waals surface area contributed by atoms with Gasteiger partial charge >= 0.3 is 5.97 Å². The zero-order chi connectivity index (χ0) is 12.6. The normalized spacial score (nSPS) is 14.9. The van der Waals surface area contributed by atoms with Crippen molar-refractivity contribution in [3.05, 3.63) is 22.5 Å². The number of carbonyl (C=O) groups is 1. The van der Waals surface area contributed by atoms with E-state index < -0.39 is 17.3 Å². The van der Waals surface area contributed by atoms with Crippen molar-refractivity contribution >= 4 is 23.3 Å². The number of rotatable bonds is 1. The van der Waals surface area contributed by atoms with E-state index in [1.54, 1.807) is 11.9 Å². The first-order chi connectivity index (χ1) is 8.02. The molecule has 0 atom stereocenters. The lowest BCUT2D eigenvalue weighted by molar-refractivity contribution is 0.0687. The Morgan fingerprint density at radius 1 is 1.65 bits per heavy atom. The van der Waals surface area contributed by atoms with Crippen LogP contribution < -0.4 is 9.64 Å². The van der Waals surface area contributed by atoms with Gasteiger partial charge < -0.3 is 14.7 Å². The molecule has 1 aromatic rings. The number of hydrogen-bond acceptors (Lipinski definition) is 3. The minimum atomic E-state index is -1.38. The van der Waals surface area contributed by atoms with Crippen LogP contribution in [0, 0.1) is 5.82 Å². The van der Waals surface area contributed by atoms with Crippen LogP contribution in [-0.4, -0.2) is 31.3 Å². The minimum Gasteiger partial charge on any atom is -0.490 e. The lowest BCUT2D eigenvalue weighted by atomic mass is 10.1. The highest BCUT2D eigenvalue weighted by atomic mass is 35.5. The summed E-state index contributed by atoms with van der Waals surface area (Å²) in [6, 6.07) is 1.39. The van der Waals surface area contributed by atoms with Crippen molar-refractivity contribution in [2.75, 3.05) is 25.1 Å². The number of benzene rings is 1. The van der Waals surface area contributed by atoms with Crippen molar-refractivity contribution in [2.45, 2.75) is 6.42 Å². The van der Waals surface area contributed by atoms with Crippen LogP contribution >= 0.6 is 11.6 Å². The van der Waals surface area contributed by atoms with E-state index in [1.165, 1.54) is 6.07 Å². The maximum Gasteiger partial charge on any atom is 0.342 e. The second kappa shape index (κ2) is 4.41. The summed E-state index contributed by atoms with van der Waals surface area (Å²) in [6.07, 6.45) is 0.740. The van der Waals surface area contributed by atoms with E-state index in [0.29, 0.717) is 18.8 Å². The summed E-state index contributed by atoms with van der Waals surface area (Å²) < 4.78 is 19.0. The van der Waals surface area contributed by atoms with E-state index in [9.17, 15) is 9.18 Å². The molecule has 0 fully saturated rings. The summed E-state index contributed by atoms with van der Waals surface area (Å²) >= 11 is 5.69. The van der Waals surface area contributed by atoms with Crippen molar-refractivity contribution in [1.29, 1.82) is 0 Å². The lowest BCUT2D eigenvalue weighted by Crippen LogP contribution is -2.18. The van der Waals surface area contributed by atoms with Crippen LogP contribution in [0.3, 0.4) is 0 Å². The SMILES string of the molecule is CN1CCCOc2c1cc(Cl)c(F)c2C(=O)O.